The molecule has 2 aromatic carbocycles. The fourth-order valence-electron chi connectivity index (χ4n) is 3.62. The Labute approximate surface area is 177 Å². The van der Waals surface area contributed by atoms with E-state index < -0.39 is 12.1 Å². The van der Waals surface area contributed by atoms with Crippen LogP contribution in [-0.2, 0) is 16.0 Å². The fraction of sp³-hybridized carbons (Fsp3) is 0.417. The zero-order valence-electron chi connectivity index (χ0n) is 17.9. The van der Waals surface area contributed by atoms with E-state index in [1.165, 1.54) is 0 Å². The van der Waals surface area contributed by atoms with Gasteiger partial charge in [0, 0.05) is 6.42 Å². The molecule has 0 saturated carbocycles. The van der Waals surface area contributed by atoms with E-state index in [-0.39, 0.29) is 17.9 Å². The Morgan fingerprint density at radius 1 is 1.10 bits per heavy atom. The molecular formula is C24H29NO5. The highest BCUT2D eigenvalue weighted by Crippen LogP contribution is 2.33. The highest BCUT2D eigenvalue weighted by molar-refractivity contribution is 5.95. The average Bonchev–Trinajstić information content (AvgIpc) is 2.73. The first kappa shape index (κ1) is 21.7. The van der Waals surface area contributed by atoms with Crippen molar-refractivity contribution in [1.29, 1.82) is 0 Å². The van der Waals surface area contributed by atoms with Crippen molar-refractivity contribution in [1.82, 2.24) is 5.32 Å². The molecule has 3 rings (SSSR count). The number of hydrogen-bond donors (Lipinski definition) is 1. The van der Waals surface area contributed by atoms with Crippen molar-refractivity contribution in [2.45, 2.75) is 46.3 Å². The molecular weight excluding hydrogens is 382 g/mol. The van der Waals surface area contributed by atoms with Crippen LogP contribution in [0.3, 0.4) is 0 Å². The minimum atomic E-state index is -0.845. The molecule has 0 aromatic heterocycles. The standard InChI is InChI=1S/C24H29NO5/c1-5-28-19-12-11-17(14-20(19)29-6-2)22(15(3)4)25-23(26)21-13-16-9-7-8-10-18(16)24(27)30-21/h7-12,14-15,21-22H,5-6,13H2,1-4H3,(H,25,26)/t21-,22-/m0/s1. The second-order valence-electron chi connectivity index (χ2n) is 7.56. The largest absolute Gasteiger partial charge is 0.490 e. The Hall–Kier alpha value is -3.02. The molecule has 0 fully saturated rings. The number of hydrogen-bond acceptors (Lipinski definition) is 5. The van der Waals surface area contributed by atoms with Gasteiger partial charge in [0.2, 0.25) is 0 Å². The molecule has 0 saturated heterocycles. The Morgan fingerprint density at radius 2 is 1.80 bits per heavy atom. The zero-order chi connectivity index (χ0) is 21.7. The Bertz CT molecular complexity index is 908. The summed E-state index contributed by atoms with van der Waals surface area (Å²) in [6, 6.07) is 12.7. The Kier molecular flexibility index (Phi) is 6.98. The van der Waals surface area contributed by atoms with Gasteiger partial charge in [0.25, 0.3) is 5.91 Å². The van der Waals surface area contributed by atoms with Crippen LogP contribution in [-0.4, -0.2) is 31.2 Å². The smallest absolute Gasteiger partial charge is 0.339 e. The fourth-order valence-corrected chi connectivity index (χ4v) is 3.62. The van der Waals surface area contributed by atoms with Gasteiger partial charge in [-0.2, -0.15) is 0 Å². The summed E-state index contributed by atoms with van der Waals surface area (Å²) in [5.74, 6) is 0.679. The van der Waals surface area contributed by atoms with Crippen LogP contribution in [0.25, 0.3) is 0 Å². The molecule has 1 amide bonds. The first-order chi connectivity index (χ1) is 14.4. The summed E-state index contributed by atoms with van der Waals surface area (Å²) < 4.78 is 16.8. The van der Waals surface area contributed by atoms with Gasteiger partial charge < -0.3 is 19.5 Å². The van der Waals surface area contributed by atoms with Gasteiger partial charge in [-0.1, -0.05) is 38.1 Å². The summed E-state index contributed by atoms with van der Waals surface area (Å²) in [6.45, 7) is 8.95. The molecule has 1 N–H and O–H groups in total. The number of amides is 1. The van der Waals surface area contributed by atoms with Crippen molar-refractivity contribution in [2.24, 2.45) is 5.92 Å². The van der Waals surface area contributed by atoms with E-state index in [0.717, 1.165) is 11.1 Å². The normalized spacial score (nSPS) is 16.4. The highest BCUT2D eigenvalue weighted by atomic mass is 16.5. The summed E-state index contributed by atoms with van der Waals surface area (Å²) in [7, 11) is 0. The molecule has 30 heavy (non-hydrogen) atoms. The minimum absolute atomic E-state index is 0.118. The summed E-state index contributed by atoms with van der Waals surface area (Å²) >= 11 is 0. The van der Waals surface area contributed by atoms with E-state index in [9.17, 15) is 9.59 Å². The van der Waals surface area contributed by atoms with E-state index in [2.05, 4.69) is 5.32 Å². The van der Waals surface area contributed by atoms with Crippen molar-refractivity contribution >= 4 is 11.9 Å². The van der Waals surface area contributed by atoms with Crippen molar-refractivity contribution in [3.05, 3.63) is 59.2 Å². The summed E-state index contributed by atoms with van der Waals surface area (Å²) in [5, 5.41) is 3.06. The number of ether oxygens (including phenoxy) is 3. The van der Waals surface area contributed by atoms with E-state index in [1.807, 2.05) is 58.0 Å². The molecule has 6 heteroatoms. The van der Waals surface area contributed by atoms with Gasteiger partial charge in [0.1, 0.15) is 0 Å². The number of rotatable bonds is 8. The predicted octanol–water partition coefficient (Wildman–Crippen LogP) is 4.08. The molecule has 160 valence electrons. The molecule has 0 spiro atoms. The van der Waals surface area contributed by atoms with Gasteiger partial charge in [-0.05, 0) is 49.1 Å². The molecule has 0 aliphatic carbocycles. The van der Waals surface area contributed by atoms with Crippen LogP contribution in [0.15, 0.2) is 42.5 Å². The lowest BCUT2D eigenvalue weighted by Gasteiger charge is -2.28. The third-order valence-corrected chi connectivity index (χ3v) is 5.08. The van der Waals surface area contributed by atoms with Crippen LogP contribution >= 0.6 is 0 Å². The van der Waals surface area contributed by atoms with E-state index in [1.54, 1.807) is 12.1 Å². The van der Waals surface area contributed by atoms with E-state index >= 15 is 0 Å². The van der Waals surface area contributed by atoms with Crippen molar-refractivity contribution in [3.8, 4) is 11.5 Å². The maximum atomic E-state index is 13.0. The Morgan fingerprint density at radius 3 is 2.50 bits per heavy atom. The quantitative estimate of drug-likeness (QED) is 0.663. The Balaban J connectivity index is 1.80. The molecule has 2 atom stereocenters. The number of esters is 1. The van der Waals surface area contributed by atoms with Gasteiger partial charge >= 0.3 is 5.97 Å². The lowest BCUT2D eigenvalue weighted by atomic mass is 9.94. The van der Waals surface area contributed by atoms with Crippen LogP contribution < -0.4 is 14.8 Å². The number of cyclic esters (lactones) is 1. The van der Waals surface area contributed by atoms with Crippen LogP contribution in [0.5, 0.6) is 11.5 Å². The third kappa shape index (κ3) is 4.75. The van der Waals surface area contributed by atoms with Gasteiger partial charge in [-0.15, -0.1) is 0 Å². The minimum Gasteiger partial charge on any atom is -0.490 e. The molecule has 1 heterocycles. The number of nitrogens with one attached hydrogen (secondary N) is 1. The number of carbonyl (C=O) groups excluding carboxylic acids is 2. The van der Waals surface area contributed by atoms with Crippen LogP contribution in [0.4, 0.5) is 0 Å². The first-order valence-electron chi connectivity index (χ1n) is 10.4. The molecule has 0 bridgehead atoms. The molecule has 0 radical (unpaired) electrons. The lowest BCUT2D eigenvalue weighted by molar-refractivity contribution is -0.131. The van der Waals surface area contributed by atoms with E-state index in [0.29, 0.717) is 36.7 Å². The monoisotopic (exact) mass is 411 g/mol. The van der Waals surface area contributed by atoms with Crippen molar-refractivity contribution in [3.63, 3.8) is 0 Å². The number of carbonyl (C=O) groups is 2. The molecule has 0 unspecified atom stereocenters. The van der Waals surface area contributed by atoms with Gasteiger partial charge in [-0.3, -0.25) is 4.79 Å². The van der Waals surface area contributed by atoms with Gasteiger partial charge in [-0.25, -0.2) is 4.79 Å². The second kappa shape index (κ2) is 9.65. The van der Waals surface area contributed by atoms with Crippen LogP contribution in [0.1, 0.15) is 55.2 Å². The molecule has 2 aromatic rings. The molecule has 6 nitrogen and oxygen atoms in total. The SMILES string of the molecule is CCOc1ccc([C@@H](NC(=O)[C@@H]2Cc3ccccc3C(=O)O2)C(C)C)cc1OCC. The van der Waals surface area contributed by atoms with Gasteiger partial charge in [0.15, 0.2) is 17.6 Å². The second-order valence-corrected chi connectivity index (χ2v) is 7.56. The topological polar surface area (TPSA) is 73.9 Å². The zero-order valence-corrected chi connectivity index (χ0v) is 17.9. The molecule has 1 aliphatic heterocycles. The average molecular weight is 411 g/mol. The number of fused-ring (bicyclic) bond motifs is 1. The van der Waals surface area contributed by atoms with Crippen LogP contribution in [0.2, 0.25) is 0 Å². The summed E-state index contributed by atoms with van der Waals surface area (Å²) in [4.78, 5) is 25.3. The predicted molar refractivity (Wildman–Crippen MR) is 114 cm³/mol. The molecule has 1 aliphatic rings. The van der Waals surface area contributed by atoms with E-state index in [4.69, 9.17) is 14.2 Å². The third-order valence-electron chi connectivity index (χ3n) is 5.08. The maximum Gasteiger partial charge on any atom is 0.339 e. The first-order valence-corrected chi connectivity index (χ1v) is 10.4. The highest BCUT2D eigenvalue weighted by Gasteiger charge is 2.33. The van der Waals surface area contributed by atoms with Crippen LogP contribution in [0, 0.1) is 5.92 Å². The number of benzene rings is 2. The van der Waals surface area contributed by atoms with Crippen molar-refractivity contribution < 1.29 is 23.8 Å². The van der Waals surface area contributed by atoms with Gasteiger partial charge in [0.05, 0.1) is 24.8 Å². The summed E-state index contributed by atoms with van der Waals surface area (Å²) in [6.07, 6.45) is -0.478. The maximum absolute atomic E-state index is 13.0. The lowest BCUT2D eigenvalue weighted by Crippen LogP contribution is -2.44. The van der Waals surface area contributed by atoms with Crippen molar-refractivity contribution in [2.75, 3.05) is 13.2 Å². The summed E-state index contributed by atoms with van der Waals surface area (Å²) in [5.41, 5.74) is 2.26.